The second-order valence-corrected chi connectivity index (χ2v) is 19.9. The van der Waals surface area contributed by atoms with Gasteiger partial charge in [-0.2, -0.15) is 0 Å². The van der Waals surface area contributed by atoms with Crippen LogP contribution in [0.15, 0.2) is 218 Å². The SMILES string of the molecule is Cc1ccccc1N(c1ccc2cc3c(cc2c1)oc1c(C(C)C)c2c(cc13)oc1cc3cc(N(c4ccccc4C)c4cccc5c4oc4ccccc45)ccc3cc12)c1cccc2c1oc1ccccc12. The average molecular weight is 943 g/mol. The number of aryl methyl sites for hydroxylation is 2. The number of hydrogen-bond donors (Lipinski definition) is 0. The molecule has 0 unspecified atom stereocenters. The van der Waals surface area contributed by atoms with Gasteiger partial charge in [-0.25, -0.2) is 0 Å². The second kappa shape index (κ2) is 15.6. The molecule has 0 aliphatic carbocycles. The number of hydrogen-bond acceptors (Lipinski definition) is 6. The normalized spacial score (nSPS) is 12.2. The first-order valence-electron chi connectivity index (χ1n) is 25.1. The highest BCUT2D eigenvalue weighted by Crippen LogP contribution is 2.49. The van der Waals surface area contributed by atoms with Crippen LogP contribution in [0, 0.1) is 13.8 Å². The Kier molecular flexibility index (Phi) is 8.88. The molecule has 15 aromatic rings. The van der Waals surface area contributed by atoms with E-state index in [4.69, 9.17) is 17.7 Å². The van der Waals surface area contributed by atoms with Crippen LogP contribution in [0.2, 0.25) is 0 Å². The molecule has 348 valence electrons. The Balaban J connectivity index is 0.874. The van der Waals surface area contributed by atoms with Crippen molar-refractivity contribution in [3.8, 4) is 0 Å². The lowest BCUT2D eigenvalue weighted by atomic mass is 9.93. The summed E-state index contributed by atoms with van der Waals surface area (Å²) in [5, 5.41) is 13.1. The molecule has 0 fully saturated rings. The molecule has 73 heavy (non-hydrogen) atoms. The van der Waals surface area contributed by atoms with E-state index in [0.29, 0.717) is 0 Å². The predicted molar refractivity (Wildman–Crippen MR) is 303 cm³/mol. The molecule has 0 saturated carbocycles. The lowest BCUT2D eigenvalue weighted by Crippen LogP contribution is -2.11. The summed E-state index contributed by atoms with van der Waals surface area (Å²) >= 11 is 0. The van der Waals surface area contributed by atoms with Gasteiger partial charge in [0.1, 0.15) is 33.5 Å². The number of anilines is 6. The van der Waals surface area contributed by atoms with Crippen molar-refractivity contribution in [3.63, 3.8) is 0 Å². The fourth-order valence-corrected chi connectivity index (χ4v) is 11.8. The van der Waals surface area contributed by atoms with Gasteiger partial charge in [-0.1, -0.05) is 123 Å². The van der Waals surface area contributed by atoms with Crippen LogP contribution in [0.1, 0.15) is 36.5 Å². The number of benzene rings is 11. The summed E-state index contributed by atoms with van der Waals surface area (Å²) in [6.45, 7) is 8.83. The van der Waals surface area contributed by atoms with Gasteiger partial charge in [-0.15, -0.1) is 0 Å². The van der Waals surface area contributed by atoms with Crippen LogP contribution >= 0.6 is 0 Å². The molecule has 0 aliphatic heterocycles. The Morgan fingerprint density at radius 3 is 1.33 bits per heavy atom. The number of para-hydroxylation sites is 6. The molecule has 6 heteroatoms. The fourth-order valence-electron chi connectivity index (χ4n) is 11.8. The summed E-state index contributed by atoms with van der Waals surface area (Å²) in [7, 11) is 0. The molecule has 0 amide bonds. The summed E-state index contributed by atoms with van der Waals surface area (Å²) in [6.07, 6.45) is 0. The summed E-state index contributed by atoms with van der Waals surface area (Å²) in [4.78, 5) is 4.65. The van der Waals surface area contributed by atoms with E-state index in [2.05, 4.69) is 213 Å². The number of rotatable bonds is 7. The number of furan rings is 4. The summed E-state index contributed by atoms with van der Waals surface area (Å²) < 4.78 is 27.3. The van der Waals surface area contributed by atoms with Crippen LogP contribution in [-0.2, 0) is 0 Å². The van der Waals surface area contributed by atoms with Crippen molar-refractivity contribution in [2.24, 2.45) is 0 Å². The van der Waals surface area contributed by atoms with Gasteiger partial charge < -0.3 is 27.5 Å². The zero-order chi connectivity index (χ0) is 48.6. The van der Waals surface area contributed by atoms with Crippen molar-refractivity contribution in [1.82, 2.24) is 0 Å². The highest BCUT2D eigenvalue weighted by Gasteiger charge is 2.26. The van der Waals surface area contributed by atoms with Gasteiger partial charge in [0.15, 0.2) is 11.2 Å². The maximum Gasteiger partial charge on any atom is 0.159 e. The standard InChI is InChI=1S/C67H46N2O4/c1-38(2)63-64-53-34-42-28-30-46(69(55-22-10-6-16-40(55)4)57-24-14-20-50-48-18-8-12-26-59(48)72-66(50)57)32-44(42)36-61(53)70-62(64)37-52-51-33-41-27-29-45(31-43(41)35-60(51)73-67(52)63)68(54-21-9-5-15-39(54)3)56-23-13-19-49-47-17-7-11-25-58(47)71-65(49)56/h5-38H,1-4H3. The summed E-state index contributed by atoms with van der Waals surface area (Å²) in [5.74, 6) is 0.152. The molecule has 0 atom stereocenters. The maximum absolute atomic E-state index is 7.05. The minimum Gasteiger partial charge on any atom is -0.456 e. The van der Waals surface area contributed by atoms with E-state index >= 15 is 0 Å². The molecule has 15 rings (SSSR count). The first kappa shape index (κ1) is 41.5. The van der Waals surface area contributed by atoms with Gasteiger partial charge in [0.2, 0.25) is 0 Å². The first-order valence-corrected chi connectivity index (χ1v) is 25.1. The Bertz CT molecular complexity index is 4590. The highest BCUT2D eigenvalue weighted by atomic mass is 16.3. The molecular formula is C67H46N2O4. The first-order chi connectivity index (χ1) is 35.8. The van der Waals surface area contributed by atoms with Crippen LogP contribution in [0.3, 0.4) is 0 Å². The smallest absolute Gasteiger partial charge is 0.159 e. The molecule has 0 spiro atoms. The van der Waals surface area contributed by atoms with E-state index in [1.165, 1.54) is 0 Å². The third-order valence-electron chi connectivity index (χ3n) is 15.2. The van der Waals surface area contributed by atoms with Crippen LogP contribution < -0.4 is 9.80 Å². The van der Waals surface area contributed by atoms with Gasteiger partial charge in [0.25, 0.3) is 0 Å². The molecule has 11 aromatic carbocycles. The van der Waals surface area contributed by atoms with Crippen LogP contribution in [0.25, 0.3) is 109 Å². The fraction of sp³-hybridized carbons (Fsp3) is 0.0746. The monoisotopic (exact) mass is 942 g/mol. The zero-order valence-corrected chi connectivity index (χ0v) is 40.7. The van der Waals surface area contributed by atoms with Gasteiger partial charge in [0, 0.05) is 71.4 Å². The van der Waals surface area contributed by atoms with Crippen molar-refractivity contribution in [3.05, 3.63) is 217 Å². The van der Waals surface area contributed by atoms with E-state index in [9.17, 15) is 0 Å². The minimum absolute atomic E-state index is 0.152. The third-order valence-corrected chi connectivity index (χ3v) is 15.2. The van der Waals surface area contributed by atoms with Crippen molar-refractivity contribution in [1.29, 1.82) is 0 Å². The molecule has 0 aliphatic rings. The molecule has 0 bridgehead atoms. The van der Waals surface area contributed by atoms with Crippen molar-refractivity contribution in [2.75, 3.05) is 9.80 Å². The number of nitrogens with zero attached hydrogens (tertiary/aromatic N) is 2. The van der Waals surface area contributed by atoms with Crippen molar-refractivity contribution >= 4 is 143 Å². The molecule has 6 nitrogen and oxygen atoms in total. The van der Waals surface area contributed by atoms with Gasteiger partial charge in [0.05, 0.1) is 11.4 Å². The van der Waals surface area contributed by atoms with Gasteiger partial charge in [-0.3, -0.25) is 0 Å². The Morgan fingerprint density at radius 1 is 0.315 bits per heavy atom. The van der Waals surface area contributed by atoms with E-state index < -0.39 is 0 Å². The second-order valence-electron chi connectivity index (χ2n) is 19.9. The van der Waals surface area contributed by atoms with Crippen molar-refractivity contribution in [2.45, 2.75) is 33.6 Å². The quantitative estimate of drug-likeness (QED) is 0.159. The summed E-state index contributed by atoms with van der Waals surface area (Å²) in [6, 6.07) is 71.1. The van der Waals surface area contributed by atoms with Crippen LogP contribution in [0.5, 0.6) is 0 Å². The topological polar surface area (TPSA) is 59.0 Å². The highest BCUT2D eigenvalue weighted by molar-refractivity contribution is 6.21. The lowest BCUT2D eigenvalue weighted by Gasteiger charge is -2.27. The van der Waals surface area contributed by atoms with E-state index in [1.807, 2.05) is 24.3 Å². The molecular weight excluding hydrogens is 897 g/mol. The van der Waals surface area contributed by atoms with Crippen molar-refractivity contribution < 1.29 is 17.7 Å². The van der Waals surface area contributed by atoms with Gasteiger partial charge >= 0.3 is 0 Å². The van der Waals surface area contributed by atoms with Crippen LogP contribution in [0.4, 0.5) is 34.1 Å². The lowest BCUT2D eigenvalue weighted by molar-refractivity contribution is 0.655. The molecule has 0 N–H and O–H groups in total. The molecule has 0 saturated heterocycles. The minimum atomic E-state index is 0.152. The Hall–Kier alpha value is -9.26. The molecule has 4 aromatic heterocycles. The third kappa shape index (κ3) is 6.23. The average Bonchev–Trinajstić information content (AvgIpc) is 4.18. The predicted octanol–water partition coefficient (Wildman–Crippen LogP) is 20.3. The van der Waals surface area contributed by atoms with E-state index in [0.717, 1.165) is 160 Å². The summed E-state index contributed by atoms with van der Waals surface area (Å²) in [5.41, 5.74) is 16.6. The zero-order valence-electron chi connectivity index (χ0n) is 40.7. The van der Waals surface area contributed by atoms with Gasteiger partial charge in [-0.05, 0) is 143 Å². The van der Waals surface area contributed by atoms with E-state index in [-0.39, 0.29) is 5.92 Å². The largest absolute Gasteiger partial charge is 0.456 e. The van der Waals surface area contributed by atoms with E-state index in [1.54, 1.807) is 0 Å². The Labute approximate surface area is 419 Å². The maximum atomic E-state index is 7.05. The van der Waals surface area contributed by atoms with Crippen LogP contribution in [-0.4, -0.2) is 0 Å². The molecule has 0 radical (unpaired) electrons. The Morgan fingerprint density at radius 2 is 0.781 bits per heavy atom. The molecule has 4 heterocycles. The number of fused-ring (bicyclic) bond motifs is 14.